The number of aryl methyl sites for hydroxylation is 1. The number of ether oxygens (including phenoxy) is 1. The molecular formula is C18H24N6O2. The Labute approximate surface area is 152 Å². The van der Waals surface area contributed by atoms with Gasteiger partial charge in [-0.2, -0.15) is 10.1 Å². The maximum Gasteiger partial charge on any atom is 0.246 e. The van der Waals surface area contributed by atoms with Crippen LogP contribution in [-0.4, -0.2) is 51.9 Å². The smallest absolute Gasteiger partial charge is 0.246 e. The molecule has 1 aliphatic heterocycles. The van der Waals surface area contributed by atoms with Crippen LogP contribution in [0, 0.1) is 5.92 Å². The summed E-state index contributed by atoms with van der Waals surface area (Å²) < 4.78 is 7.53. The number of nitrogens with zero attached hydrogens (tertiary/aromatic N) is 6. The third kappa shape index (κ3) is 3.63. The molecule has 26 heavy (non-hydrogen) atoms. The summed E-state index contributed by atoms with van der Waals surface area (Å²) in [6.07, 6.45) is 12.0. The summed E-state index contributed by atoms with van der Waals surface area (Å²) in [5.74, 6) is 1.89. The van der Waals surface area contributed by atoms with Crippen molar-refractivity contribution in [3.8, 4) is 5.88 Å². The van der Waals surface area contributed by atoms with Crippen LogP contribution < -0.4 is 14.5 Å². The largest absolute Gasteiger partial charge is 0.476 e. The zero-order valence-corrected chi connectivity index (χ0v) is 15.0. The molecule has 0 unspecified atom stereocenters. The van der Waals surface area contributed by atoms with Crippen molar-refractivity contribution in [1.82, 2.24) is 19.7 Å². The van der Waals surface area contributed by atoms with E-state index in [1.807, 2.05) is 18.1 Å². The number of piperazine rings is 1. The fourth-order valence-electron chi connectivity index (χ4n) is 3.63. The molecule has 2 aliphatic rings. The Bertz CT molecular complexity index is 771. The van der Waals surface area contributed by atoms with Crippen LogP contribution in [-0.2, 0) is 11.8 Å². The van der Waals surface area contributed by atoms with E-state index in [-0.39, 0.29) is 12.5 Å². The Morgan fingerprint density at radius 3 is 2.77 bits per heavy atom. The van der Waals surface area contributed by atoms with Gasteiger partial charge in [0.05, 0.1) is 37.4 Å². The molecular weight excluding hydrogens is 332 g/mol. The predicted molar refractivity (Wildman–Crippen MR) is 97.3 cm³/mol. The highest BCUT2D eigenvalue weighted by molar-refractivity contribution is 5.97. The monoisotopic (exact) mass is 356 g/mol. The SMILES string of the molecule is Cn1cc(N2CCN(c3cncc(OCC4CCCC4)n3)CC2=O)cn1. The summed E-state index contributed by atoms with van der Waals surface area (Å²) in [6.45, 7) is 2.27. The topological polar surface area (TPSA) is 76.4 Å². The minimum atomic E-state index is 0.0309. The minimum Gasteiger partial charge on any atom is -0.476 e. The van der Waals surface area contributed by atoms with E-state index in [2.05, 4.69) is 15.1 Å². The molecule has 1 amide bonds. The van der Waals surface area contributed by atoms with Crippen molar-refractivity contribution in [2.75, 3.05) is 36.0 Å². The lowest BCUT2D eigenvalue weighted by Crippen LogP contribution is -2.50. The van der Waals surface area contributed by atoms with Gasteiger partial charge in [0.1, 0.15) is 0 Å². The Morgan fingerprint density at radius 1 is 1.19 bits per heavy atom. The first-order valence-corrected chi connectivity index (χ1v) is 9.18. The average Bonchev–Trinajstić information content (AvgIpc) is 3.32. The molecule has 138 valence electrons. The minimum absolute atomic E-state index is 0.0309. The summed E-state index contributed by atoms with van der Waals surface area (Å²) in [6, 6.07) is 0. The third-order valence-electron chi connectivity index (χ3n) is 5.09. The van der Waals surface area contributed by atoms with E-state index in [1.54, 1.807) is 28.2 Å². The molecule has 0 aromatic carbocycles. The number of aromatic nitrogens is 4. The molecule has 2 aromatic rings. The first kappa shape index (κ1) is 16.8. The molecule has 1 aliphatic carbocycles. The third-order valence-corrected chi connectivity index (χ3v) is 5.09. The van der Waals surface area contributed by atoms with E-state index < -0.39 is 0 Å². The van der Waals surface area contributed by atoms with Crippen molar-refractivity contribution in [3.63, 3.8) is 0 Å². The lowest BCUT2D eigenvalue weighted by atomic mass is 10.1. The van der Waals surface area contributed by atoms with Gasteiger partial charge in [-0.1, -0.05) is 12.8 Å². The van der Waals surface area contributed by atoms with Crippen molar-refractivity contribution in [3.05, 3.63) is 24.8 Å². The van der Waals surface area contributed by atoms with E-state index in [9.17, 15) is 4.79 Å². The molecule has 0 N–H and O–H groups in total. The van der Waals surface area contributed by atoms with E-state index in [1.165, 1.54) is 25.7 Å². The number of hydrogen-bond donors (Lipinski definition) is 0. The maximum atomic E-state index is 12.5. The summed E-state index contributed by atoms with van der Waals surface area (Å²) in [5.41, 5.74) is 0.830. The van der Waals surface area contributed by atoms with Crippen LogP contribution in [0.2, 0.25) is 0 Å². The maximum absolute atomic E-state index is 12.5. The Morgan fingerprint density at radius 2 is 2.04 bits per heavy atom. The fourth-order valence-corrected chi connectivity index (χ4v) is 3.63. The van der Waals surface area contributed by atoms with Crippen LogP contribution >= 0.6 is 0 Å². The highest BCUT2D eigenvalue weighted by Gasteiger charge is 2.27. The molecule has 0 bridgehead atoms. The van der Waals surface area contributed by atoms with Crippen molar-refractivity contribution in [2.24, 2.45) is 13.0 Å². The lowest BCUT2D eigenvalue weighted by molar-refractivity contribution is -0.117. The summed E-state index contributed by atoms with van der Waals surface area (Å²) >= 11 is 0. The van der Waals surface area contributed by atoms with Gasteiger partial charge in [0, 0.05) is 26.3 Å². The number of rotatable bonds is 5. The summed E-state index contributed by atoms with van der Waals surface area (Å²) in [4.78, 5) is 25.0. The number of carbonyl (C=O) groups is 1. The second kappa shape index (κ2) is 7.31. The van der Waals surface area contributed by atoms with E-state index in [0.717, 1.165) is 5.69 Å². The number of anilines is 2. The van der Waals surface area contributed by atoms with E-state index in [4.69, 9.17) is 4.74 Å². The summed E-state index contributed by atoms with van der Waals surface area (Å²) in [5, 5.41) is 4.14. The standard InChI is InChI=1S/C18H24N6O2/c1-22-11-15(8-20-22)24-7-6-23(12-18(24)25)16-9-19-10-17(21-16)26-13-14-4-2-3-5-14/h8-11,14H,2-7,12-13H2,1H3. The molecule has 0 spiro atoms. The molecule has 0 radical (unpaired) electrons. The molecule has 3 heterocycles. The van der Waals surface area contributed by atoms with Gasteiger partial charge in [0.25, 0.3) is 0 Å². The van der Waals surface area contributed by atoms with Gasteiger partial charge in [0.2, 0.25) is 11.8 Å². The van der Waals surface area contributed by atoms with Crippen LogP contribution in [0.1, 0.15) is 25.7 Å². The van der Waals surface area contributed by atoms with Crippen molar-refractivity contribution < 1.29 is 9.53 Å². The highest BCUT2D eigenvalue weighted by Crippen LogP contribution is 2.26. The highest BCUT2D eigenvalue weighted by atomic mass is 16.5. The molecule has 8 nitrogen and oxygen atoms in total. The van der Waals surface area contributed by atoms with Crippen molar-refractivity contribution in [2.45, 2.75) is 25.7 Å². The van der Waals surface area contributed by atoms with Crippen LogP contribution in [0.4, 0.5) is 11.5 Å². The van der Waals surface area contributed by atoms with Gasteiger partial charge in [0.15, 0.2) is 5.82 Å². The first-order valence-electron chi connectivity index (χ1n) is 9.18. The Hall–Kier alpha value is -2.64. The molecule has 4 rings (SSSR count). The van der Waals surface area contributed by atoms with Gasteiger partial charge >= 0.3 is 0 Å². The number of carbonyl (C=O) groups excluding carboxylic acids is 1. The van der Waals surface area contributed by atoms with E-state index >= 15 is 0 Å². The molecule has 2 aromatic heterocycles. The lowest BCUT2D eigenvalue weighted by Gasteiger charge is -2.34. The number of hydrogen-bond acceptors (Lipinski definition) is 6. The zero-order valence-electron chi connectivity index (χ0n) is 15.0. The predicted octanol–water partition coefficient (Wildman–Crippen LogP) is 1.63. The van der Waals surface area contributed by atoms with Crippen LogP contribution in [0.3, 0.4) is 0 Å². The quantitative estimate of drug-likeness (QED) is 0.810. The van der Waals surface area contributed by atoms with Crippen LogP contribution in [0.25, 0.3) is 0 Å². The van der Waals surface area contributed by atoms with Crippen molar-refractivity contribution >= 4 is 17.4 Å². The first-order chi connectivity index (χ1) is 12.7. The second-order valence-electron chi connectivity index (χ2n) is 7.02. The van der Waals surface area contributed by atoms with E-state index in [0.29, 0.717) is 37.3 Å². The van der Waals surface area contributed by atoms with Crippen LogP contribution in [0.15, 0.2) is 24.8 Å². The molecule has 1 saturated carbocycles. The van der Waals surface area contributed by atoms with Gasteiger partial charge in [-0.3, -0.25) is 14.5 Å². The van der Waals surface area contributed by atoms with Gasteiger partial charge < -0.3 is 14.5 Å². The van der Waals surface area contributed by atoms with Gasteiger partial charge in [-0.05, 0) is 18.8 Å². The Balaban J connectivity index is 1.38. The van der Waals surface area contributed by atoms with Gasteiger partial charge in [-0.15, -0.1) is 0 Å². The zero-order chi connectivity index (χ0) is 17.9. The summed E-state index contributed by atoms with van der Waals surface area (Å²) in [7, 11) is 1.84. The van der Waals surface area contributed by atoms with Crippen molar-refractivity contribution in [1.29, 1.82) is 0 Å². The molecule has 2 fully saturated rings. The van der Waals surface area contributed by atoms with Crippen LogP contribution in [0.5, 0.6) is 5.88 Å². The Kier molecular flexibility index (Phi) is 4.73. The fraction of sp³-hybridized carbons (Fsp3) is 0.556. The average molecular weight is 356 g/mol. The second-order valence-corrected chi connectivity index (χ2v) is 7.02. The molecule has 0 atom stereocenters. The molecule has 1 saturated heterocycles. The molecule has 8 heteroatoms. The number of amides is 1. The van der Waals surface area contributed by atoms with Gasteiger partial charge in [-0.25, -0.2) is 0 Å². The normalized spacial score (nSPS) is 18.6.